The smallest absolute Gasteiger partial charge is 0.256 e. The molecule has 7 heteroatoms. The summed E-state index contributed by atoms with van der Waals surface area (Å²) in [4.78, 5) is 12.5. The van der Waals surface area contributed by atoms with Crippen LogP contribution < -0.4 is 10.6 Å². The minimum absolute atomic E-state index is 0.0565. The summed E-state index contributed by atoms with van der Waals surface area (Å²) in [7, 11) is 0. The maximum atomic E-state index is 13.7. The zero-order valence-corrected chi connectivity index (χ0v) is 14.1. The lowest BCUT2D eigenvalue weighted by Crippen LogP contribution is -2.33. The molecular weight excluding hydrogens is 323 g/mol. The zero-order chi connectivity index (χ0) is 17.4. The van der Waals surface area contributed by atoms with Gasteiger partial charge in [0.2, 0.25) is 0 Å². The first kappa shape index (κ1) is 15.9. The second-order valence-electron chi connectivity index (χ2n) is 6.66. The van der Waals surface area contributed by atoms with Crippen molar-refractivity contribution in [2.75, 3.05) is 11.9 Å². The predicted molar refractivity (Wildman–Crippen MR) is 92.5 cm³/mol. The second-order valence-corrected chi connectivity index (χ2v) is 6.66. The molecule has 2 atom stereocenters. The normalized spacial score (nSPS) is 26.2. The molecule has 0 radical (unpaired) electrons. The Morgan fingerprint density at radius 3 is 3.12 bits per heavy atom. The third-order valence-corrected chi connectivity index (χ3v) is 4.72. The Bertz CT molecular complexity index is 793. The number of anilines is 1. The van der Waals surface area contributed by atoms with Crippen molar-refractivity contribution in [1.29, 1.82) is 0 Å². The van der Waals surface area contributed by atoms with Gasteiger partial charge in [-0.25, -0.2) is 9.07 Å². The van der Waals surface area contributed by atoms with Crippen LogP contribution in [-0.4, -0.2) is 34.4 Å². The van der Waals surface area contributed by atoms with Gasteiger partial charge in [0.1, 0.15) is 29.1 Å². The topological polar surface area (TPSA) is 68.2 Å². The number of allylic oxidation sites excluding steroid dienone is 4. The molecule has 1 aliphatic carbocycles. The van der Waals surface area contributed by atoms with E-state index in [0.29, 0.717) is 37.2 Å². The number of carbonyl (C=O) groups is 1. The Morgan fingerprint density at radius 1 is 1.36 bits per heavy atom. The Morgan fingerprint density at radius 2 is 2.24 bits per heavy atom. The van der Waals surface area contributed by atoms with Crippen LogP contribution in [0, 0.1) is 0 Å². The van der Waals surface area contributed by atoms with Crippen molar-refractivity contribution >= 4 is 17.9 Å². The number of rotatable bonds is 0. The lowest BCUT2D eigenvalue weighted by atomic mass is 9.97. The van der Waals surface area contributed by atoms with Crippen LogP contribution in [0.1, 0.15) is 43.0 Å². The Labute approximate surface area is 145 Å². The predicted octanol–water partition coefficient (Wildman–Crippen LogP) is 2.98. The molecule has 1 aromatic heterocycles. The van der Waals surface area contributed by atoms with Crippen molar-refractivity contribution in [2.45, 2.75) is 44.8 Å². The van der Waals surface area contributed by atoms with Crippen molar-refractivity contribution in [3.63, 3.8) is 0 Å². The molecule has 0 aromatic carbocycles. The maximum absolute atomic E-state index is 13.7. The van der Waals surface area contributed by atoms with Gasteiger partial charge in [0.05, 0.1) is 12.7 Å². The second kappa shape index (κ2) is 6.38. The fourth-order valence-corrected chi connectivity index (χ4v) is 3.37. The van der Waals surface area contributed by atoms with Crippen LogP contribution in [0.3, 0.4) is 0 Å². The van der Waals surface area contributed by atoms with Crippen molar-refractivity contribution in [3.05, 3.63) is 41.1 Å². The summed E-state index contributed by atoms with van der Waals surface area (Å²) in [5, 5.41) is 10.5. The summed E-state index contributed by atoms with van der Waals surface area (Å²) >= 11 is 0. The van der Waals surface area contributed by atoms with E-state index in [1.54, 1.807) is 17.0 Å². The van der Waals surface area contributed by atoms with E-state index in [4.69, 9.17) is 4.74 Å². The lowest BCUT2D eigenvalue weighted by molar-refractivity contribution is 0.0876. The number of hydrogen-bond acceptors (Lipinski definition) is 4. The first-order valence-electron chi connectivity index (χ1n) is 8.65. The molecule has 4 rings (SSSR count). The van der Waals surface area contributed by atoms with Gasteiger partial charge in [-0.3, -0.25) is 4.79 Å². The highest BCUT2D eigenvalue weighted by Gasteiger charge is 2.24. The van der Waals surface area contributed by atoms with Gasteiger partial charge in [0.15, 0.2) is 0 Å². The largest absolute Gasteiger partial charge is 0.493 e. The lowest BCUT2D eigenvalue weighted by Gasteiger charge is -2.24. The van der Waals surface area contributed by atoms with Crippen molar-refractivity contribution in [1.82, 2.24) is 15.1 Å². The molecule has 3 aliphatic rings. The molecule has 6 nitrogen and oxygen atoms in total. The molecule has 25 heavy (non-hydrogen) atoms. The third kappa shape index (κ3) is 3.18. The molecule has 2 aliphatic heterocycles. The summed E-state index contributed by atoms with van der Waals surface area (Å²) in [5.41, 5.74) is 1.43. The molecule has 1 amide bonds. The van der Waals surface area contributed by atoms with E-state index in [9.17, 15) is 9.18 Å². The van der Waals surface area contributed by atoms with Gasteiger partial charge in [-0.1, -0.05) is 0 Å². The Balaban J connectivity index is 1.66. The molecule has 0 spiro atoms. The van der Waals surface area contributed by atoms with Crippen LogP contribution in [-0.2, 0) is 4.74 Å². The number of nitrogens with one attached hydrogen (secondary N) is 2. The van der Waals surface area contributed by atoms with Gasteiger partial charge >= 0.3 is 0 Å². The van der Waals surface area contributed by atoms with Gasteiger partial charge in [0.25, 0.3) is 5.91 Å². The zero-order valence-electron chi connectivity index (χ0n) is 14.1. The maximum Gasteiger partial charge on any atom is 0.256 e. The van der Waals surface area contributed by atoms with E-state index < -0.39 is 0 Å². The van der Waals surface area contributed by atoms with Gasteiger partial charge in [-0.2, -0.15) is 5.10 Å². The summed E-state index contributed by atoms with van der Waals surface area (Å²) in [6, 6.07) is 0.0565. The van der Waals surface area contributed by atoms with Crippen molar-refractivity contribution in [3.8, 4) is 0 Å². The van der Waals surface area contributed by atoms with Crippen LogP contribution in [0.4, 0.5) is 10.2 Å². The van der Waals surface area contributed by atoms with Gasteiger partial charge < -0.3 is 15.4 Å². The van der Waals surface area contributed by atoms with Gasteiger partial charge in [-0.05, 0) is 37.5 Å². The Hall–Kier alpha value is -2.57. The molecule has 0 saturated carbocycles. The monoisotopic (exact) mass is 344 g/mol. The molecule has 2 bridgehead atoms. The summed E-state index contributed by atoms with van der Waals surface area (Å²) in [6.45, 7) is 2.29. The van der Waals surface area contributed by atoms with E-state index >= 15 is 0 Å². The van der Waals surface area contributed by atoms with Crippen molar-refractivity contribution in [2.24, 2.45) is 0 Å². The van der Waals surface area contributed by atoms with Crippen LogP contribution in [0.5, 0.6) is 0 Å². The SMILES string of the molecule is C[C@H]1CNC(=O)c2cnn3c2NC(C=C3)CCC2=C(CCC(F)=C2)O1. The number of ether oxygens (including phenoxy) is 1. The van der Waals surface area contributed by atoms with E-state index in [1.807, 2.05) is 19.2 Å². The average molecular weight is 344 g/mol. The van der Waals surface area contributed by atoms with E-state index in [0.717, 1.165) is 17.8 Å². The van der Waals surface area contributed by atoms with Crippen LogP contribution in [0.15, 0.2) is 35.5 Å². The molecule has 1 unspecified atom stereocenters. The number of hydrogen-bond donors (Lipinski definition) is 2. The van der Waals surface area contributed by atoms with Crippen LogP contribution in [0.2, 0.25) is 0 Å². The molecule has 0 saturated heterocycles. The standard InChI is InChI=1S/C18H21FN4O2/c1-11-9-20-18(24)15-10-21-23-7-6-14(22-17(15)23)4-2-12-8-13(19)3-5-16(12)25-11/h6-8,10-11,14,22H,2-5,9H2,1H3,(H,20,24)/t11-,14?/m0/s1. The van der Waals surface area contributed by atoms with Crippen LogP contribution in [0.25, 0.3) is 6.20 Å². The number of fused-ring (bicyclic) bond motifs is 1. The van der Waals surface area contributed by atoms with E-state index in [2.05, 4.69) is 15.7 Å². The third-order valence-electron chi connectivity index (χ3n) is 4.72. The van der Waals surface area contributed by atoms with Gasteiger partial charge in [0, 0.05) is 25.1 Å². The highest BCUT2D eigenvalue weighted by atomic mass is 19.1. The minimum Gasteiger partial charge on any atom is -0.493 e. The van der Waals surface area contributed by atoms with Crippen LogP contribution >= 0.6 is 0 Å². The number of halogens is 1. The Kier molecular flexibility index (Phi) is 4.07. The number of amides is 1. The summed E-state index contributed by atoms with van der Waals surface area (Å²) in [6.07, 6.45) is 9.29. The highest BCUT2D eigenvalue weighted by Crippen LogP contribution is 2.31. The van der Waals surface area contributed by atoms with E-state index in [-0.39, 0.29) is 23.9 Å². The van der Waals surface area contributed by atoms with E-state index in [1.165, 1.54) is 0 Å². The number of nitrogens with zero attached hydrogens (tertiary/aromatic N) is 2. The summed E-state index contributed by atoms with van der Waals surface area (Å²) in [5.74, 6) is 1.25. The fraction of sp³-hybridized carbons (Fsp3) is 0.444. The molecule has 0 fully saturated rings. The molecule has 132 valence electrons. The molecule has 2 N–H and O–H groups in total. The highest BCUT2D eigenvalue weighted by molar-refractivity contribution is 5.99. The van der Waals surface area contributed by atoms with Crippen molar-refractivity contribution < 1.29 is 13.9 Å². The average Bonchev–Trinajstić information content (AvgIpc) is 3.02. The molecular formula is C18H21FN4O2. The quantitative estimate of drug-likeness (QED) is 0.759. The number of aromatic nitrogens is 2. The first-order valence-corrected chi connectivity index (χ1v) is 8.65. The summed E-state index contributed by atoms with van der Waals surface area (Å²) < 4.78 is 21.4. The minimum atomic E-state index is -0.185. The fourth-order valence-electron chi connectivity index (χ4n) is 3.37. The van der Waals surface area contributed by atoms with Gasteiger partial charge in [-0.15, -0.1) is 0 Å². The molecule has 3 heterocycles. The molecule has 1 aromatic rings. The number of carbonyl (C=O) groups excluding carboxylic acids is 1. The first-order chi connectivity index (χ1) is 12.1.